The Labute approximate surface area is 117 Å². The van der Waals surface area contributed by atoms with Crippen molar-refractivity contribution < 1.29 is 13.5 Å². The average molecular weight is 312 g/mol. The third-order valence-corrected chi connectivity index (χ3v) is 5.24. The van der Waals surface area contributed by atoms with Gasteiger partial charge in [-0.2, -0.15) is 0 Å². The highest BCUT2D eigenvalue weighted by Crippen LogP contribution is 2.33. The molecule has 0 radical (unpaired) electrons. The van der Waals surface area contributed by atoms with Crippen LogP contribution in [-0.2, 0) is 10.0 Å². The summed E-state index contributed by atoms with van der Waals surface area (Å²) in [6.07, 6.45) is 0. The molecule has 0 aromatic heterocycles. The van der Waals surface area contributed by atoms with Crippen LogP contribution in [-0.4, -0.2) is 26.2 Å². The fraction of sp³-hybridized carbons (Fsp3) is 0.455. The molecule has 7 heteroatoms. The predicted octanol–water partition coefficient (Wildman–Crippen LogP) is 2.27. The Morgan fingerprint density at radius 1 is 1.39 bits per heavy atom. The number of sulfonamides is 1. The maximum absolute atomic E-state index is 12.2. The number of aliphatic hydroxyl groups excluding tert-OH is 1. The van der Waals surface area contributed by atoms with E-state index in [0.717, 1.165) is 0 Å². The molecule has 0 spiro atoms. The summed E-state index contributed by atoms with van der Waals surface area (Å²) in [5, 5.41) is 9.40. The summed E-state index contributed by atoms with van der Waals surface area (Å²) in [6.45, 7) is 4.53. The predicted molar refractivity (Wildman–Crippen MR) is 72.8 cm³/mol. The van der Waals surface area contributed by atoms with Gasteiger partial charge in [0.2, 0.25) is 10.0 Å². The summed E-state index contributed by atoms with van der Waals surface area (Å²) in [6, 6.07) is 1.03. The first-order valence-electron chi connectivity index (χ1n) is 5.29. The number of aliphatic hydroxyl groups is 1. The van der Waals surface area contributed by atoms with E-state index in [4.69, 9.17) is 28.3 Å². The van der Waals surface area contributed by atoms with Crippen molar-refractivity contribution in [2.45, 2.75) is 31.7 Å². The minimum atomic E-state index is -3.80. The number of halogens is 2. The standard InChI is InChI=1S/C11H15Cl2NO3S/c1-6-4-9(12)8(3)11(10(6)13)18(16,17)14-7(2)5-15/h4,7,14-15H,5H2,1-3H3. The van der Waals surface area contributed by atoms with Gasteiger partial charge in [0, 0.05) is 11.1 Å². The number of aryl methyl sites for hydroxylation is 1. The molecule has 102 valence electrons. The van der Waals surface area contributed by atoms with Gasteiger partial charge < -0.3 is 5.11 Å². The van der Waals surface area contributed by atoms with Crippen molar-refractivity contribution in [3.05, 3.63) is 27.2 Å². The van der Waals surface area contributed by atoms with E-state index in [9.17, 15) is 8.42 Å². The van der Waals surface area contributed by atoms with Gasteiger partial charge >= 0.3 is 0 Å². The molecule has 18 heavy (non-hydrogen) atoms. The zero-order valence-corrected chi connectivity index (χ0v) is 12.6. The third kappa shape index (κ3) is 3.16. The Bertz CT molecular complexity index is 532. The molecule has 1 rings (SSSR count). The van der Waals surface area contributed by atoms with E-state index in [2.05, 4.69) is 4.72 Å². The van der Waals surface area contributed by atoms with Gasteiger partial charge in [-0.05, 0) is 38.0 Å². The van der Waals surface area contributed by atoms with Gasteiger partial charge in [-0.15, -0.1) is 0 Å². The van der Waals surface area contributed by atoms with Crippen LogP contribution in [0.5, 0.6) is 0 Å². The molecule has 0 saturated heterocycles. The molecule has 0 bridgehead atoms. The molecule has 1 aromatic carbocycles. The molecule has 1 aromatic rings. The highest BCUT2D eigenvalue weighted by molar-refractivity contribution is 7.89. The largest absolute Gasteiger partial charge is 0.395 e. The molecule has 4 nitrogen and oxygen atoms in total. The molecular weight excluding hydrogens is 297 g/mol. The summed E-state index contributed by atoms with van der Waals surface area (Å²) in [4.78, 5) is -0.0329. The normalized spacial score (nSPS) is 13.7. The highest BCUT2D eigenvalue weighted by atomic mass is 35.5. The first kappa shape index (κ1) is 15.7. The lowest BCUT2D eigenvalue weighted by molar-refractivity contribution is 0.265. The van der Waals surface area contributed by atoms with Gasteiger partial charge in [0.15, 0.2) is 0 Å². The second-order valence-electron chi connectivity index (χ2n) is 4.15. The van der Waals surface area contributed by atoms with Crippen LogP contribution in [0.2, 0.25) is 10.0 Å². The lowest BCUT2D eigenvalue weighted by Gasteiger charge is -2.16. The average Bonchev–Trinajstić information content (AvgIpc) is 2.25. The third-order valence-electron chi connectivity index (χ3n) is 2.49. The maximum Gasteiger partial charge on any atom is 0.242 e. The van der Waals surface area contributed by atoms with Gasteiger partial charge in [0.25, 0.3) is 0 Å². The molecule has 0 heterocycles. The lowest BCUT2D eigenvalue weighted by Crippen LogP contribution is -2.35. The van der Waals surface area contributed by atoms with Gasteiger partial charge in [0.1, 0.15) is 4.90 Å². The maximum atomic E-state index is 12.2. The molecule has 0 aliphatic carbocycles. The number of hydrogen-bond donors (Lipinski definition) is 2. The molecule has 1 atom stereocenters. The molecule has 0 saturated carbocycles. The first-order chi connectivity index (χ1) is 8.20. The van der Waals surface area contributed by atoms with Crippen LogP contribution in [0.1, 0.15) is 18.1 Å². The first-order valence-corrected chi connectivity index (χ1v) is 7.53. The Hall–Kier alpha value is -0.330. The van der Waals surface area contributed by atoms with Crippen LogP contribution in [0.3, 0.4) is 0 Å². The fourth-order valence-electron chi connectivity index (χ4n) is 1.49. The van der Waals surface area contributed by atoms with Gasteiger partial charge in [-0.1, -0.05) is 23.2 Å². The van der Waals surface area contributed by atoms with Crippen LogP contribution < -0.4 is 4.72 Å². The van der Waals surface area contributed by atoms with E-state index in [1.165, 1.54) is 0 Å². The van der Waals surface area contributed by atoms with Crippen molar-refractivity contribution >= 4 is 33.2 Å². The fourth-order valence-corrected chi connectivity index (χ4v) is 3.94. The SMILES string of the molecule is Cc1cc(Cl)c(C)c(S(=O)(=O)NC(C)CO)c1Cl. The Balaban J connectivity index is 3.41. The summed E-state index contributed by atoms with van der Waals surface area (Å²) < 4.78 is 26.7. The number of hydrogen-bond acceptors (Lipinski definition) is 3. The van der Waals surface area contributed by atoms with Crippen LogP contribution in [0.25, 0.3) is 0 Å². The monoisotopic (exact) mass is 311 g/mol. The molecule has 0 aliphatic heterocycles. The molecule has 0 aliphatic rings. The van der Waals surface area contributed by atoms with Crippen molar-refractivity contribution in [2.75, 3.05) is 6.61 Å². The topological polar surface area (TPSA) is 66.4 Å². The molecule has 0 fully saturated rings. The highest BCUT2D eigenvalue weighted by Gasteiger charge is 2.25. The minimum Gasteiger partial charge on any atom is -0.395 e. The lowest BCUT2D eigenvalue weighted by atomic mass is 10.2. The Morgan fingerprint density at radius 3 is 2.44 bits per heavy atom. The second-order valence-corrected chi connectivity index (χ2v) is 6.58. The van der Waals surface area contributed by atoms with Crippen LogP contribution >= 0.6 is 23.2 Å². The second kappa shape index (κ2) is 5.75. The smallest absolute Gasteiger partial charge is 0.242 e. The van der Waals surface area contributed by atoms with Crippen LogP contribution in [0, 0.1) is 13.8 Å². The summed E-state index contributed by atoms with van der Waals surface area (Å²) in [5.41, 5.74) is 0.981. The minimum absolute atomic E-state index is 0.0329. The van der Waals surface area contributed by atoms with Crippen LogP contribution in [0.4, 0.5) is 0 Å². The van der Waals surface area contributed by atoms with Crippen molar-refractivity contribution in [3.8, 4) is 0 Å². The van der Waals surface area contributed by atoms with Gasteiger partial charge in [0.05, 0.1) is 11.6 Å². The molecule has 2 N–H and O–H groups in total. The number of benzene rings is 1. The Morgan fingerprint density at radius 2 is 1.94 bits per heavy atom. The summed E-state index contributed by atoms with van der Waals surface area (Å²) >= 11 is 12.0. The zero-order valence-electron chi connectivity index (χ0n) is 10.3. The van der Waals surface area contributed by atoms with Crippen molar-refractivity contribution in [1.29, 1.82) is 0 Å². The van der Waals surface area contributed by atoms with Crippen molar-refractivity contribution in [3.63, 3.8) is 0 Å². The Kier molecular flexibility index (Phi) is 5.03. The van der Waals surface area contributed by atoms with Crippen LogP contribution in [0.15, 0.2) is 11.0 Å². The van der Waals surface area contributed by atoms with Crippen molar-refractivity contribution in [1.82, 2.24) is 4.72 Å². The molecule has 0 amide bonds. The van der Waals surface area contributed by atoms with Crippen molar-refractivity contribution in [2.24, 2.45) is 0 Å². The van der Waals surface area contributed by atoms with E-state index in [-0.39, 0.29) is 16.5 Å². The van der Waals surface area contributed by atoms with E-state index < -0.39 is 16.1 Å². The number of rotatable bonds is 4. The van der Waals surface area contributed by atoms with E-state index in [1.54, 1.807) is 26.8 Å². The summed E-state index contributed by atoms with van der Waals surface area (Å²) in [7, 11) is -3.80. The quantitative estimate of drug-likeness (QED) is 0.896. The summed E-state index contributed by atoms with van der Waals surface area (Å²) in [5.74, 6) is 0. The van der Waals surface area contributed by atoms with Gasteiger partial charge in [-0.3, -0.25) is 0 Å². The number of nitrogens with one attached hydrogen (secondary N) is 1. The molecular formula is C11H15Cl2NO3S. The van der Waals surface area contributed by atoms with E-state index in [0.29, 0.717) is 16.1 Å². The van der Waals surface area contributed by atoms with Gasteiger partial charge in [-0.25, -0.2) is 13.1 Å². The van der Waals surface area contributed by atoms with E-state index >= 15 is 0 Å². The van der Waals surface area contributed by atoms with E-state index in [1.807, 2.05) is 0 Å². The molecule has 1 unspecified atom stereocenters. The zero-order chi connectivity index (χ0) is 14.1.